The summed E-state index contributed by atoms with van der Waals surface area (Å²) in [6, 6.07) is 14.6. The molecule has 0 bridgehead atoms. The average molecular weight is 313 g/mol. The SMILES string of the molecule is CCOc1cccc(NC(=O)c2cccc(OC(C)CC)c2)c1. The molecule has 0 heterocycles. The third kappa shape index (κ3) is 5.02. The van der Waals surface area contributed by atoms with E-state index in [4.69, 9.17) is 9.47 Å². The Labute approximate surface area is 137 Å². The first kappa shape index (κ1) is 16.9. The van der Waals surface area contributed by atoms with Gasteiger partial charge in [-0.2, -0.15) is 0 Å². The number of benzene rings is 2. The van der Waals surface area contributed by atoms with Crippen LogP contribution in [0.5, 0.6) is 11.5 Å². The fourth-order valence-corrected chi connectivity index (χ4v) is 2.06. The molecule has 4 nitrogen and oxygen atoms in total. The molecule has 0 radical (unpaired) electrons. The first-order chi connectivity index (χ1) is 11.1. The number of carbonyl (C=O) groups is 1. The third-order valence-corrected chi connectivity index (χ3v) is 3.41. The first-order valence-electron chi connectivity index (χ1n) is 7.93. The lowest BCUT2D eigenvalue weighted by Gasteiger charge is -2.13. The second-order valence-electron chi connectivity index (χ2n) is 5.28. The maximum atomic E-state index is 12.4. The molecule has 0 aliphatic heterocycles. The van der Waals surface area contributed by atoms with Crippen molar-refractivity contribution in [1.29, 1.82) is 0 Å². The molecule has 122 valence electrons. The van der Waals surface area contributed by atoms with Crippen LogP contribution in [0.15, 0.2) is 48.5 Å². The van der Waals surface area contributed by atoms with E-state index in [-0.39, 0.29) is 12.0 Å². The summed E-state index contributed by atoms with van der Waals surface area (Å²) in [5.41, 5.74) is 1.27. The van der Waals surface area contributed by atoms with Crippen LogP contribution in [0.4, 0.5) is 5.69 Å². The van der Waals surface area contributed by atoms with E-state index >= 15 is 0 Å². The van der Waals surface area contributed by atoms with E-state index in [1.165, 1.54) is 0 Å². The van der Waals surface area contributed by atoms with Crippen LogP contribution < -0.4 is 14.8 Å². The fraction of sp³-hybridized carbons (Fsp3) is 0.316. The highest BCUT2D eigenvalue weighted by atomic mass is 16.5. The maximum Gasteiger partial charge on any atom is 0.255 e. The molecular weight excluding hydrogens is 290 g/mol. The van der Waals surface area contributed by atoms with Gasteiger partial charge in [0.1, 0.15) is 11.5 Å². The number of ether oxygens (including phenoxy) is 2. The summed E-state index contributed by atoms with van der Waals surface area (Å²) >= 11 is 0. The molecule has 0 aliphatic rings. The van der Waals surface area contributed by atoms with Crippen LogP contribution >= 0.6 is 0 Å². The van der Waals surface area contributed by atoms with Crippen LogP contribution in [-0.2, 0) is 0 Å². The number of hydrogen-bond acceptors (Lipinski definition) is 3. The maximum absolute atomic E-state index is 12.4. The molecule has 1 atom stereocenters. The molecule has 23 heavy (non-hydrogen) atoms. The Morgan fingerprint density at radius 1 is 1.09 bits per heavy atom. The zero-order valence-electron chi connectivity index (χ0n) is 13.8. The molecule has 0 saturated carbocycles. The average Bonchev–Trinajstić information content (AvgIpc) is 2.55. The number of carbonyl (C=O) groups excluding carboxylic acids is 1. The second kappa shape index (κ2) is 8.22. The Morgan fingerprint density at radius 3 is 2.57 bits per heavy atom. The van der Waals surface area contributed by atoms with Crippen LogP contribution in [0.25, 0.3) is 0 Å². The van der Waals surface area contributed by atoms with Crippen LogP contribution in [0.2, 0.25) is 0 Å². The predicted octanol–water partition coefficient (Wildman–Crippen LogP) is 4.51. The normalized spacial score (nSPS) is 11.6. The summed E-state index contributed by atoms with van der Waals surface area (Å²) in [5, 5.41) is 2.88. The van der Waals surface area contributed by atoms with Crippen LogP contribution in [0.1, 0.15) is 37.6 Å². The molecule has 2 aromatic rings. The Balaban J connectivity index is 2.08. The second-order valence-corrected chi connectivity index (χ2v) is 5.28. The molecule has 1 unspecified atom stereocenters. The van der Waals surface area contributed by atoms with Crippen molar-refractivity contribution in [3.05, 3.63) is 54.1 Å². The van der Waals surface area contributed by atoms with Crippen molar-refractivity contribution in [1.82, 2.24) is 0 Å². The highest BCUT2D eigenvalue weighted by molar-refractivity contribution is 6.04. The van der Waals surface area contributed by atoms with E-state index in [0.29, 0.717) is 23.6 Å². The Bertz CT molecular complexity index is 655. The van der Waals surface area contributed by atoms with Gasteiger partial charge in [-0.05, 0) is 50.6 Å². The van der Waals surface area contributed by atoms with Gasteiger partial charge in [-0.3, -0.25) is 4.79 Å². The minimum atomic E-state index is -0.173. The Morgan fingerprint density at radius 2 is 1.83 bits per heavy atom. The Hall–Kier alpha value is -2.49. The summed E-state index contributed by atoms with van der Waals surface area (Å²) in [6.07, 6.45) is 1.04. The van der Waals surface area contributed by atoms with E-state index < -0.39 is 0 Å². The van der Waals surface area contributed by atoms with Gasteiger partial charge in [0, 0.05) is 17.3 Å². The fourth-order valence-electron chi connectivity index (χ4n) is 2.06. The number of amides is 1. The van der Waals surface area contributed by atoms with Gasteiger partial charge in [0.15, 0.2) is 0 Å². The van der Waals surface area contributed by atoms with Crippen LogP contribution in [0.3, 0.4) is 0 Å². The summed E-state index contributed by atoms with van der Waals surface area (Å²) in [6.45, 7) is 6.58. The van der Waals surface area contributed by atoms with Gasteiger partial charge in [0.2, 0.25) is 0 Å². The molecule has 2 rings (SSSR count). The minimum absolute atomic E-state index is 0.121. The number of rotatable bonds is 7. The molecule has 0 spiro atoms. The smallest absolute Gasteiger partial charge is 0.255 e. The standard InChI is InChI=1S/C19H23NO3/c1-4-14(3)23-18-11-6-8-15(12-18)19(21)20-16-9-7-10-17(13-16)22-5-2/h6-14H,4-5H2,1-3H3,(H,20,21). The van der Waals surface area contributed by atoms with Crippen molar-refractivity contribution in [3.63, 3.8) is 0 Å². The largest absolute Gasteiger partial charge is 0.494 e. The predicted molar refractivity (Wildman–Crippen MR) is 92.4 cm³/mol. The monoisotopic (exact) mass is 313 g/mol. The summed E-state index contributed by atoms with van der Waals surface area (Å²) in [5.74, 6) is 1.27. The van der Waals surface area contributed by atoms with E-state index in [0.717, 1.165) is 12.2 Å². The van der Waals surface area contributed by atoms with E-state index in [2.05, 4.69) is 12.2 Å². The lowest BCUT2D eigenvalue weighted by atomic mass is 10.2. The van der Waals surface area contributed by atoms with Gasteiger partial charge in [-0.25, -0.2) is 0 Å². The highest BCUT2D eigenvalue weighted by Gasteiger charge is 2.09. The minimum Gasteiger partial charge on any atom is -0.494 e. The van der Waals surface area contributed by atoms with Gasteiger partial charge >= 0.3 is 0 Å². The van der Waals surface area contributed by atoms with Crippen LogP contribution in [-0.4, -0.2) is 18.6 Å². The van der Waals surface area contributed by atoms with E-state index in [9.17, 15) is 4.79 Å². The van der Waals surface area contributed by atoms with Crippen molar-refractivity contribution in [2.24, 2.45) is 0 Å². The summed E-state index contributed by atoms with van der Waals surface area (Å²) in [7, 11) is 0. The lowest BCUT2D eigenvalue weighted by molar-refractivity contribution is 0.102. The zero-order chi connectivity index (χ0) is 16.7. The van der Waals surface area contributed by atoms with Gasteiger partial charge < -0.3 is 14.8 Å². The molecule has 1 amide bonds. The molecule has 1 N–H and O–H groups in total. The molecule has 2 aromatic carbocycles. The molecule has 0 aromatic heterocycles. The number of hydrogen-bond donors (Lipinski definition) is 1. The summed E-state index contributed by atoms with van der Waals surface area (Å²) in [4.78, 5) is 12.4. The Kier molecular flexibility index (Phi) is 6.03. The van der Waals surface area contributed by atoms with Crippen molar-refractivity contribution >= 4 is 11.6 Å². The number of anilines is 1. The van der Waals surface area contributed by atoms with E-state index in [1.54, 1.807) is 18.2 Å². The van der Waals surface area contributed by atoms with Crippen molar-refractivity contribution < 1.29 is 14.3 Å². The van der Waals surface area contributed by atoms with Crippen LogP contribution in [0, 0.1) is 0 Å². The van der Waals surface area contributed by atoms with Crippen molar-refractivity contribution in [3.8, 4) is 11.5 Å². The molecule has 0 fully saturated rings. The quantitative estimate of drug-likeness (QED) is 0.818. The highest BCUT2D eigenvalue weighted by Crippen LogP contribution is 2.20. The molecule has 4 heteroatoms. The molecular formula is C19H23NO3. The van der Waals surface area contributed by atoms with Crippen molar-refractivity contribution in [2.75, 3.05) is 11.9 Å². The topological polar surface area (TPSA) is 47.6 Å². The van der Waals surface area contributed by atoms with Gasteiger partial charge in [-0.1, -0.05) is 19.1 Å². The lowest BCUT2D eigenvalue weighted by Crippen LogP contribution is -2.13. The van der Waals surface area contributed by atoms with Gasteiger partial charge in [-0.15, -0.1) is 0 Å². The van der Waals surface area contributed by atoms with Gasteiger partial charge in [0.25, 0.3) is 5.91 Å². The molecule has 0 aliphatic carbocycles. The zero-order valence-corrected chi connectivity index (χ0v) is 13.8. The third-order valence-electron chi connectivity index (χ3n) is 3.41. The summed E-state index contributed by atoms with van der Waals surface area (Å²) < 4.78 is 11.2. The number of nitrogens with one attached hydrogen (secondary N) is 1. The van der Waals surface area contributed by atoms with Crippen molar-refractivity contribution in [2.45, 2.75) is 33.3 Å². The molecule has 0 saturated heterocycles. The van der Waals surface area contributed by atoms with Gasteiger partial charge in [0.05, 0.1) is 12.7 Å². The van der Waals surface area contributed by atoms with E-state index in [1.807, 2.05) is 44.2 Å². The first-order valence-corrected chi connectivity index (χ1v) is 7.93.